The van der Waals surface area contributed by atoms with Gasteiger partial charge in [-0.3, -0.25) is 4.79 Å². The van der Waals surface area contributed by atoms with Gasteiger partial charge in [-0.15, -0.1) is 0 Å². The lowest BCUT2D eigenvalue weighted by atomic mass is 9.88. The molecule has 0 heterocycles. The Balaban J connectivity index is 2.93. The van der Waals surface area contributed by atoms with E-state index < -0.39 is 11.4 Å². The molecule has 2 nitrogen and oxygen atoms in total. The predicted molar refractivity (Wildman–Crippen MR) is 75.1 cm³/mol. The number of benzene rings is 1. The van der Waals surface area contributed by atoms with Crippen molar-refractivity contribution in [2.75, 3.05) is 6.61 Å². The van der Waals surface area contributed by atoms with Crippen molar-refractivity contribution >= 4 is 17.4 Å². The van der Waals surface area contributed by atoms with Crippen LogP contribution in [0.2, 0.25) is 5.02 Å². The predicted octanol–water partition coefficient (Wildman–Crippen LogP) is 4.19. The van der Waals surface area contributed by atoms with Crippen LogP contribution in [0.1, 0.15) is 39.2 Å². The van der Waals surface area contributed by atoms with Crippen molar-refractivity contribution in [1.29, 1.82) is 0 Å². The van der Waals surface area contributed by atoms with Crippen molar-refractivity contribution < 1.29 is 13.9 Å². The number of Topliss-reactive ketones (excluding diaryl/α,β-unsaturated/α-hetero) is 1. The minimum Gasteiger partial charge on any atom is -0.368 e. The van der Waals surface area contributed by atoms with E-state index in [1.165, 1.54) is 12.1 Å². The number of rotatable bonds is 7. The molecule has 0 aliphatic carbocycles. The van der Waals surface area contributed by atoms with Gasteiger partial charge in [0.25, 0.3) is 0 Å². The van der Waals surface area contributed by atoms with Gasteiger partial charge in [-0.25, -0.2) is 4.39 Å². The number of hydrogen-bond acceptors (Lipinski definition) is 2. The third-order valence-corrected chi connectivity index (χ3v) is 3.79. The standard InChI is InChI=1S/C15H20ClFO2/c1-4-15(5-2,19-6-3)14(18)9-11-7-8-12(17)10-13(11)16/h7-8,10H,4-6,9H2,1-3H3. The van der Waals surface area contributed by atoms with Crippen molar-refractivity contribution in [2.24, 2.45) is 0 Å². The van der Waals surface area contributed by atoms with E-state index in [4.69, 9.17) is 16.3 Å². The van der Waals surface area contributed by atoms with Crippen LogP contribution in [0.25, 0.3) is 0 Å². The average Bonchev–Trinajstić information content (AvgIpc) is 2.39. The van der Waals surface area contributed by atoms with E-state index in [2.05, 4.69) is 0 Å². The number of ketones is 1. The molecule has 0 aliphatic rings. The molecular formula is C15H20ClFO2. The zero-order valence-electron chi connectivity index (χ0n) is 11.6. The van der Waals surface area contributed by atoms with Crippen LogP contribution in [0.15, 0.2) is 18.2 Å². The quantitative estimate of drug-likeness (QED) is 0.751. The summed E-state index contributed by atoms with van der Waals surface area (Å²) < 4.78 is 18.6. The van der Waals surface area contributed by atoms with E-state index in [1.807, 2.05) is 20.8 Å². The number of ether oxygens (including phenoxy) is 1. The van der Waals surface area contributed by atoms with Gasteiger partial charge in [0, 0.05) is 18.1 Å². The highest BCUT2D eigenvalue weighted by atomic mass is 35.5. The van der Waals surface area contributed by atoms with Crippen LogP contribution in [0.4, 0.5) is 4.39 Å². The van der Waals surface area contributed by atoms with Crippen LogP contribution >= 0.6 is 11.6 Å². The van der Waals surface area contributed by atoms with Crippen molar-refractivity contribution in [2.45, 2.75) is 45.6 Å². The summed E-state index contributed by atoms with van der Waals surface area (Å²) in [7, 11) is 0. The minimum atomic E-state index is -0.757. The zero-order chi connectivity index (χ0) is 14.5. The molecule has 0 fully saturated rings. The number of carbonyl (C=O) groups is 1. The molecule has 0 spiro atoms. The van der Waals surface area contributed by atoms with E-state index in [-0.39, 0.29) is 17.2 Å². The van der Waals surface area contributed by atoms with E-state index in [9.17, 15) is 9.18 Å². The molecule has 0 unspecified atom stereocenters. The summed E-state index contributed by atoms with van der Waals surface area (Å²) in [4.78, 5) is 12.4. The van der Waals surface area contributed by atoms with Crippen molar-refractivity contribution in [3.05, 3.63) is 34.6 Å². The van der Waals surface area contributed by atoms with Crippen LogP contribution in [-0.4, -0.2) is 18.0 Å². The summed E-state index contributed by atoms with van der Waals surface area (Å²) in [6, 6.07) is 4.09. The maximum absolute atomic E-state index is 13.0. The lowest BCUT2D eigenvalue weighted by Crippen LogP contribution is -2.41. The monoisotopic (exact) mass is 286 g/mol. The van der Waals surface area contributed by atoms with Crippen LogP contribution in [-0.2, 0) is 16.0 Å². The van der Waals surface area contributed by atoms with Gasteiger partial charge in [-0.05, 0) is 37.5 Å². The second-order valence-corrected chi connectivity index (χ2v) is 4.88. The number of carbonyl (C=O) groups excluding carboxylic acids is 1. The van der Waals surface area contributed by atoms with E-state index in [1.54, 1.807) is 6.07 Å². The normalized spacial score (nSPS) is 11.6. The fourth-order valence-electron chi connectivity index (χ4n) is 2.20. The molecule has 0 aliphatic heterocycles. The Morgan fingerprint density at radius 3 is 2.42 bits per heavy atom. The first-order valence-electron chi connectivity index (χ1n) is 6.60. The minimum absolute atomic E-state index is 0.00661. The number of halogens is 2. The second kappa shape index (κ2) is 7.01. The summed E-state index contributed by atoms with van der Waals surface area (Å²) in [5, 5.41) is 0.283. The molecule has 0 saturated heterocycles. The average molecular weight is 287 g/mol. The highest BCUT2D eigenvalue weighted by molar-refractivity contribution is 6.31. The van der Waals surface area contributed by atoms with Gasteiger partial charge in [0.1, 0.15) is 11.4 Å². The molecule has 0 bridgehead atoms. The first kappa shape index (κ1) is 16.1. The SMILES string of the molecule is CCOC(CC)(CC)C(=O)Cc1ccc(F)cc1Cl. The summed E-state index contributed by atoms with van der Waals surface area (Å²) in [5.74, 6) is -0.406. The Bertz CT molecular complexity index is 442. The van der Waals surface area contributed by atoms with Crippen LogP contribution in [0.3, 0.4) is 0 Å². The van der Waals surface area contributed by atoms with Gasteiger partial charge in [0.05, 0.1) is 0 Å². The molecule has 0 saturated carbocycles. The van der Waals surface area contributed by atoms with Crippen molar-refractivity contribution in [3.8, 4) is 0 Å². The Hall–Kier alpha value is -0.930. The van der Waals surface area contributed by atoms with E-state index >= 15 is 0 Å². The summed E-state index contributed by atoms with van der Waals surface area (Å²) in [5.41, 5.74) is -0.119. The topological polar surface area (TPSA) is 26.3 Å². The third kappa shape index (κ3) is 3.77. The largest absolute Gasteiger partial charge is 0.368 e. The van der Waals surface area contributed by atoms with E-state index in [0.29, 0.717) is 25.0 Å². The molecular weight excluding hydrogens is 267 g/mol. The molecule has 0 atom stereocenters. The van der Waals surface area contributed by atoms with Gasteiger partial charge < -0.3 is 4.74 Å². The molecule has 0 radical (unpaired) electrons. The van der Waals surface area contributed by atoms with Gasteiger partial charge in [0.15, 0.2) is 5.78 Å². The molecule has 106 valence electrons. The summed E-state index contributed by atoms with van der Waals surface area (Å²) in [6.45, 7) is 6.23. The first-order chi connectivity index (χ1) is 8.99. The number of hydrogen-bond donors (Lipinski definition) is 0. The molecule has 1 aromatic rings. The molecule has 19 heavy (non-hydrogen) atoms. The van der Waals surface area contributed by atoms with Crippen molar-refractivity contribution in [3.63, 3.8) is 0 Å². The maximum atomic E-state index is 13.0. The van der Waals surface area contributed by atoms with Crippen molar-refractivity contribution in [1.82, 2.24) is 0 Å². The maximum Gasteiger partial charge on any atom is 0.169 e. The second-order valence-electron chi connectivity index (χ2n) is 4.47. The Labute approximate surface area is 118 Å². The molecule has 0 amide bonds. The fraction of sp³-hybridized carbons (Fsp3) is 0.533. The highest BCUT2D eigenvalue weighted by Crippen LogP contribution is 2.26. The Morgan fingerprint density at radius 1 is 1.32 bits per heavy atom. The molecule has 4 heteroatoms. The molecule has 0 N–H and O–H groups in total. The molecule has 1 aromatic carbocycles. The third-order valence-electron chi connectivity index (χ3n) is 3.44. The zero-order valence-corrected chi connectivity index (χ0v) is 12.4. The smallest absolute Gasteiger partial charge is 0.169 e. The Kier molecular flexibility index (Phi) is 5.95. The van der Waals surface area contributed by atoms with E-state index in [0.717, 1.165) is 0 Å². The lowest BCUT2D eigenvalue weighted by Gasteiger charge is -2.30. The van der Waals surface area contributed by atoms with Gasteiger partial charge in [-0.1, -0.05) is 31.5 Å². The Morgan fingerprint density at radius 2 is 1.95 bits per heavy atom. The van der Waals surface area contributed by atoms with Gasteiger partial charge in [0.2, 0.25) is 0 Å². The molecule has 1 rings (SSSR count). The van der Waals surface area contributed by atoms with Crippen LogP contribution < -0.4 is 0 Å². The summed E-state index contributed by atoms with van der Waals surface area (Å²) >= 11 is 5.95. The fourth-order valence-corrected chi connectivity index (χ4v) is 2.44. The summed E-state index contributed by atoms with van der Waals surface area (Å²) in [6.07, 6.45) is 1.41. The first-order valence-corrected chi connectivity index (χ1v) is 6.98. The van der Waals surface area contributed by atoms with Crippen LogP contribution in [0, 0.1) is 5.82 Å². The van der Waals surface area contributed by atoms with Gasteiger partial charge >= 0.3 is 0 Å². The van der Waals surface area contributed by atoms with Gasteiger partial charge in [-0.2, -0.15) is 0 Å². The molecule has 0 aromatic heterocycles. The van der Waals surface area contributed by atoms with Crippen LogP contribution in [0.5, 0.6) is 0 Å². The highest BCUT2D eigenvalue weighted by Gasteiger charge is 2.35. The lowest BCUT2D eigenvalue weighted by molar-refractivity contribution is -0.144.